The van der Waals surface area contributed by atoms with E-state index in [2.05, 4.69) is 37.5 Å². The van der Waals surface area contributed by atoms with Crippen molar-refractivity contribution in [2.24, 2.45) is 11.8 Å². The molecule has 1 saturated carbocycles. The summed E-state index contributed by atoms with van der Waals surface area (Å²) in [6, 6.07) is 7.08. The minimum absolute atomic E-state index is 0.317. The fourth-order valence-corrected chi connectivity index (χ4v) is 3.28. The molecule has 2 nitrogen and oxygen atoms in total. The number of benzene rings is 1. The Kier molecular flexibility index (Phi) is 5.41. The third-order valence-electron chi connectivity index (χ3n) is 4.69. The molecule has 0 aromatic heterocycles. The molecule has 2 heteroatoms. The van der Waals surface area contributed by atoms with Gasteiger partial charge in [0, 0.05) is 6.04 Å². The first-order valence-electron chi connectivity index (χ1n) is 7.75. The number of hydrogen-bond acceptors (Lipinski definition) is 2. The van der Waals surface area contributed by atoms with Crippen molar-refractivity contribution in [2.75, 3.05) is 0 Å². The first-order valence-corrected chi connectivity index (χ1v) is 7.75. The van der Waals surface area contributed by atoms with Crippen molar-refractivity contribution in [1.29, 1.82) is 0 Å². The predicted octanol–water partition coefficient (Wildman–Crippen LogP) is 4.17. The molecule has 1 aliphatic rings. The lowest BCUT2D eigenvalue weighted by molar-refractivity contribution is 0.290. The molecule has 106 valence electrons. The van der Waals surface area contributed by atoms with Crippen LogP contribution in [0.3, 0.4) is 0 Å². The molecule has 0 saturated heterocycles. The van der Waals surface area contributed by atoms with Crippen LogP contribution in [0.25, 0.3) is 0 Å². The lowest BCUT2D eigenvalue weighted by atomic mass is 9.82. The van der Waals surface area contributed by atoms with Crippen molar-refractivity contribution in [1.82, 2.24) is 5.43 Å². The number of aryl methyl sites for hydroxylation is 2. The molecule has 0 amide bonds. The Morgan fingerprint density at radius 3 is 2.21 bits per heavy atom. The Bertz CT molecular complexity index is 392. The van der Waals surface area contributed by atoms with Crippen LogP contribution in [-0.4, -0.2) is 0 Å². The summed E-state index contributed by atoms with van der Waals surface area (Å²) in [6.45, 7) is 4.35. The van der Waals surface area contributed by atoms with E-state index in [-0.39, 0.29) is 0 Å². The Morgan fingerprint density at radius 1 is 1.00 bits per heavy atom. The van der Waals surface area contributed by atoms with Crippen molar-refractivity contribution < 1.29 is 0 Å². The first-order chi connectivity index (χ1) is 9.22. The van der Waals surface area contributed by atoms with Crippen LogP contribution < -0.4 is 11.3 Å². The second kappa shape index (κ2) is 7.06. The lowest BCUT2D eigenvalue weighted by Gasteiger charge is -2.29. The van der Waals surface area contributed by atoms with E-state index in [4.69, 9.17) is 5.84 Å². The maximum atomic E-state index is 5.86. The first kappa shape index (κ1) is 14.5. The molecule has 0 spiro atoms. The van der Waals surface area contributed by atoms with Crippen LogP contribution in [0, 0.1) is 19.8 Å². The average Bonchev–Trinajstić information content (AvgIpc) is 2.36. The Labute approximate surface area is 117 Å². The lowest BCUT2D eigenvalue weighted by Crippen LogP contribution is -2.34. The zero-order chi connectivity index (χ0) is 13.7. The van der Waals surface area contributed by atoms with E-state index >= 15 is 0 Å². The van der Waals surface area contributed by atoms with E-state index in [1.54, 1.807) is 0 Å². The fourth-order valence-electron chi connectivity index (χ4n) is 3.28. The van der Waals surface area contributed by atoms with Crippen molar-refractivity contribution in [3.8, 4) is 0 Å². The summed E-state index contributed by atoms with van der Waals surface area (Å²) < 4.78 is 0. The number of hydrazine groups is 1. The van der Waals surface area contributed by atoms with Gasteiger partial charge in [-0.2, -0.15) is 0 Å². The highest BCUT2D eigenvalue weighted by molar-refractivity contribution is 5.32. The second-order valence-electron chi connectivity index (χ2n) is 6.09. The highest BCUT2D eigenvalue weighted by Gasteiger charge is 2.22. The SMILES string of the molecule is Cc1ccc(C(NN)C2CCCCCCC2)cc1C. The molecule has 2 rings (SSSR count). The van der Waals surface area contributed by atoms with Crippen LogP contribution in [0.4, 0.5) is 0 Å². The number of nitrogens with one attached hydrogen (secondary N) is 1. The second-order valence-corrected chi connectivity index (χ2v) is 6.09. The molecule has 1 unspecified atom stereocenters. The van der Waals surface area contributed by atoms with E-state index in [1.165, 1.54) is 61.6 Å². The number of rotatable bonds is 3. The van der Waals surface area contributed by atoms with E-state index in [1.807, 2.05) is 0 Å². The van der Waals surface area contributed by atoms with Crippen LogP contribution in [0.2, 0.25) is 0 Å². The summed E-state index contributed by atoms with van der Waals surface area (Å²) in [7, 11) is 0. The highest BCUT2D eigenvalue weighted by Crippen LogP contribution is 2.33. The zero-order valence-electron chi connectivity index (χ0n) is 12.4. The summed E-state index contributed by atoms with van der Waals surface area (Å²) in [5.74, 6) is 6.55. The normalized spacial score (nSPS) is 19.7. The van der Waals surface area contributed by atoms with Crippen molar-refractivity contribution >= 4 is 0 Å². The van der Waals surface area contributed by atoms with Crippen LogP contribution in [0.5, 0.6) is 0 Å². The number of hydrogen-bond donors (Lipinski definition) is 2. The molecule has 19 heavy (non-hydrogen) atoms. The van der Waals surface area contributed by atoms with Crippen LogP contribution in [-0.2, 0) is 0 Å². The highest BCUT2D eigenvalue weighted by atomic mass is 15.2. The van der Waals surface area contributed by atoms with Gasteiger partial charge in [0.05, 0.1) is 0 Å². The maximum absolute atomic E-state index is 5.86. The monoisotopic (exact) mass is 260 g/mol. The molecule has 0 radical (unpaired) electrons. The molecule has 0 heterocycles. The molecule has 1 aromatic rings. The molecule has 1 fully saturated rings. The zero-order valence-corrected chi connectivity index (χ0v) is 12.4. The number of nitrogens with two attached hydrogens (primary N) is 1. The van der Waals surface area contributed by atoms with Gasteiger partial charge >= 0.3 is 0 Å². The van der Waals surface area contributed by atoms with Gasteiger partial charge in [-0.05, 0) is 49.3 Å². The van der Waals surface area contributed by atoms with Gasteiger partial charge in [0.1, 0.15) is 0 Å². The van der Waals surface area contributed by atoms with Crippen LogP contribution >= 0.6 is 0 Å². The Hall–Kier alpha value is -0.860. The molecule has 3 N–H and O–H groups in total. The molecule has 1 aliphatic carbocycles. The predicted molar refractivity (Wildman–Crippen MR) is 81.8 cm³/mol. The summed E-state index contributed by atoms with van der Waals surface area (Å²) in [6.07, 6.45) is 9.52. The topological polar surface area (TPSA) is 38.0 Å². The van der Waals surface area contributed by atoms with Crippen molar-refractivity contribution in [3.05, 3.63) is 34.9 Å². The molecular formula is C17H28N2. The molecule has 0 bridgehead atoms. The quantitative estimate of drug-likeness (QED) is 0.632. The minimum Gasteiger partial charge on any atom is -0.271 e. The molecule has 1 atom stereocenters. The van der Waals surface area contributed by atoms with Gasteiger partial charge in [-0.25, -0.2) is 0 Å². The van der Waals surface area contributed by atoms with E-state index in [0.29, 0.717) is 12.0 Å². The van der Waals surface area contributed by atoms with Crippen molar-refractivity contribution in [2.45, 2.75) is 64.8 Å². The summed E-state index contributed by atoms with van der Waals surface area (Å²) in [5, 5.41) is 0. The molecular weight excluding hydrogens is 232 g/mol. The Balaban J connectivity index is 2.14. The summed E-state index contributed by atoms with van der Waals surface area (Å²) in [4.78, 5) is 0. The third kappa shape index (κ3) is 3.80. The standard InChI is InChI=1S/C17H28N2/c1-13-10-11-16(12-14(13)2)17(19-18)15-8-6-4-3-5-7-9-15/h10-12,15,17,19H,3-9,18H2,1-2H3. The smallest absolute Gasteiger partial charge is 0.0488 e. The summed E-state index contributed by atoms with van der Waals surface area (Å²) in [5.41, 5.74) is 7.16. The third-order valence-corrected chi connectivity index (χ3v) is 4.69. The Morgan fingerprint density at radius 2 is 1.63 bits per heavy atom. The molecule has 1 aromatic carbocycles. The van der Waals surface area contributed by atoms with Crippen molar-refractivity contribution in [3.63, 3.8) is 0 Å². The van der Waals surface area contributed by atoms with Gasteiger partial charge in [-0.15, -0.1) is 0 Å². The molecule has 0 aliphatic heterocycles. The van der Waals surface area contributed by atoms with Gasteiger partial charge in [-0.3, -0.25) is 11.3 Å². The van der Waals surface area contributed by atoms with Crippen LogP contribution in [0.15, 0.2) is 18.2 Å². The van der Waals surface area contributed by atoms with Crippen LogP contribution in [0.1, 0.15) is 67.7 Å². The van der Waals surface area contributed by atoms with E-state index < -0.39 is 0 Å². The summed E-state index contributed by atoms with van der Waals surface area (Å²) >= 11 is 0. The van der Waals surface area contributed by atoms with Gasteiger partial charge in [-0.1, -0.05) is 50.3 Å². The maximum Gasteiger partial charge on any atom is 0.0488 e. The van der Waals surface area contributed by atoms with Gasteiger partial charge in [0.15, 0.2) is 0 Å². The fraction of sp³-hybridized carbons (Fsp3) is 0.647. The van der Waals surface area contributed by atoms with Gasteiger partial charge < -0.3 is 0 Å². The van der Waals surface area contributed by atoms with E-state index in [0.717, 1.165) is 0 Å². The van der Waals surface area contributed by atoms with E-state index in [9.17, 15) is 0 Å². The largest absolute Gasteiger partial charge is 0.271 e. The van der Waals surface area contributed by atoms with Gasteiger partial charge in [0.2, 0.25) is 0 Å². The average molecular weight is 260 g/mol. The van der Waals surface area contributed by atoms with Gasteiger partial charge in [0.25, 0.3) is 0 Å². The minimum atomic E-state index is 0.317.